The zero-order valence-corrected chi connectivity index (χ0v) is 15.3. The van der Waals surface area contributed by atoms with Crippen LogP contribution < -0.4 is 4.90 Å². The Morgan fingerprint density at radius 2 is 1.89 bits per heavy atom. The maximum Gasteiger partial charge on any atom is 0.163 e. The smallest absolute Gasteiger partial charge is 0.163 e. The van der Waals surface area contributed by atoms with Crippen LogP contribution in [0.5, 0.6) is 5.75 Å². The summed E-state index contributed by atoms with van der Waals surface area (Å²) in [7, 11) is 1.87. The zero-order chi connectivity index (χ0) is 18.5. The third-order valence-electron chi connectivity index (χ3n) is 5.22. The van der Waals surface area contributed by atoms with Crippen LogP contribution in [0.15, 0.2) is 30.6 Å². The predicted molar refractivity (Wildman–Crippen MR) is 105 cm³/mol. The molecule has 3 aromatic heterocycles. The van der Waals surface area contributed by atoms with Crippen LogP contribution in [0.4, 0.5) is 5.82 Å². The summed E-state index contributed by atoms with van der Waals surface area (Å²) in [6.45, 7) is 3.96. The van der Waals surface area contributed by atoms with Crippen LogP contribution in [0.2, 0.25) is 0 Å². The molecule has 4 heterocycles. The van der Waals surface area contributed by atoms with Crippen LogP contribution in [0, 0.1) is 6.92 Å². The molecule has 7 heteroatoms. The molecule has 0 bridgehead atoms. The van der Waals surface area contributed by atoms with E-state index < -0.39 is 0 Å². The highest BCUT2D eigenvalue weighted by Gasteiger charge is 2.17. The van der Waals surface area contributed by atoms with E-state index in [-0.39, 0.29) is 5.75 Å². The van der Waals surface area contributed by atoms with Gasteiger partial charge in [-0.25, -0.2) is 15.0 Å². The van der Waals surface area contributed by atoms with E-state index in [0.29, 0.717) is 11.4 Å². The molecule has 0 unspecified atom stereocenters. The number of benzene rings is 1. The van der Waals surface area contributed by atoms with E-state index in [9.17, 15) is 5.11 Å². The molecule has 1 aliphatic rings. The molecule has 1 aliphatic heterocycles. The SMILES string of the molecule is Cc1c(O)c(-c2ncc3nc(N4CCCC4)ccc3n2)cc2cn(C)nc12. The average Bonchev–Trinajstić information content (AvgIpc) is 3.33. The number of aromatic nitrogens is 5. The van der Waals surface area contributed by atoms with E-state index in [1.165, 1.54) is 12.8 Å². The molecule has 4 aromatic rings. The Hall–Kier alpha value is -3.22. The van der Waals surface area contributed by atoms with Crippen LogP contribution >= 0.6 is 0 Å². The maximum atomic E-state index is 10.7. The number of hydrogen-bond donors (Lipinski definition) is 1. The van der Waals surface area contributed by atoms with Crippen molar-refractivity contribution in [2.24, 2.45) is 7.05 Å². The third-order valence-corrected chi connectivity index (χ3v) is 5.22. The number of nitrogens with zero attached hydrogens (tertiary/aromatic N) is 6. The van der Waals surface area contributed by atoms with Gasteiger partial charge in [0, 0.05) is 37.3 Å². The number of phenolic OH excluding ortho intramolecular Hbond substituents is 1. The van der Waals surface area contributed by atoms with Crippen LogP contribution in [0.3, 0.4) is 0 Å². The van der Waals surface area contributed by atoms with Crippen LogP contribution in [0.25, 0.3) is 33.3 Å². The molecule has 5 rings (SSSR count). The number of rotatable bonds is 2. The van der Waals surface area contributed by atoms with Crippen molar-refractivity contribution >= 4 is 27.8 Å². The van der Waals surface area contributed by atoms with Gasteiger partial charge in [-0.2, -0.15) is 5.10 Å². The minimum Gasteiger partial charge on any atom is -0.507 e. The van der Waals surface area contributed by atoms with Crippen LogP contribution in [0.1, 0.15) is 18.4 Å². The summed E-state index contributed by atoms with van der Waals surface area (Å²) >= 11 is 0. The summed E-state index contributed by atoms with van der Waals surface area (Å²) in [6.07, 6.45) is 6.09. The average molecular weight is 360 g/mol. The molecule has 1 saturated heterocycles. The number of phenols is 1. The van der Waals surface area contributed by atoms with Crippen molar-refractivity contribution in [3.63, 3.8) is 0 Å². The Bertz CT molecular complexity index is 1180. The first-order chi connectivity index (χ1) is 13.1. The summed E-state index contributed by atoms with van der Waals surface area (Å²) in [4.78, 5) is 16.1. The minimum absolute atomic E-state index is 0.169. The summed E-state index contributed by atoms with van der Waals surface area (Å²) in [6, 6.07) is 5.88. The Morgan fingerprint density at radius 1 is 1.07 bits per heavy atom. The van der Waals surface area contributed by atoms with Gasteiger partial charge in [-0.3, -0.25) is 4.68 Å². The molecule has 1 aromatic carbocycles. The first-order valence-electron chi connectivity index (χ1n) is 9.15. The van der Waals surface area contributed by atoms with E-state index in [1.807, 2.05) is 38.4 Å². The molecule has 1 N–H and O–H groups in total. The van der Waals surface area contributed by atoms with E-state index >= 15 is 0 Å². The van der Waals surface area contributed by atoms with E-state index in [0.717, 1.165) is 46.4 Å². The molecule has 0 amide bonds. The van der Waals surface area contributed by atoms with Crippen molar-refractivity contribution in [1.29, 1.82) is 0 Å². The minimum atomic E-state index is 0.169. The molecule has 0 radical (unpaired) electrons. The second-order valence-corrected chi connectivity index (χ2v) is 7.10. The lowest BCUT2D eigenvalue weighted by molar-refractivity contribution is 0.473. The predicted octanol–water partition coefficient (Wildman–Crippen LogP) is 3.19. The van der Waals surface area contributed by atoms with E-state index in [4.69, 9.17) is 4.98 Å². The fourth-order valence-electron chi connectivity index (χ4n) is 3.78. The standard InChI is InChI=1S/C20H20N6O/c1-12-18-13(11-25(2)24-18)9-14(19(12)27)20-21-10-16-15(23-20)5-6-17(22-16)26-7-3-4-8-26/h5-6,9-11,27H,3-4,7-8H2,1-2H3. The number of pyridine rings is 1. The molecule has 1 fully saturated rings. The lowest BCUT2D eigenvalue weighted by Gasteiger charge is -2.16. The molecule has 0 aliphatic carbocycles. The Morgan fingerprint density at radius 3 is 2.70 bits per heavy atom. The summed E-state index contributed by atoms with van der Waals surface area (Å²) < 4.78 is 1.74. The molecular weight excluding hydrogens is 340 g/mol. The molecular formula is C20H20N6O. The molecule has 0 spiro atoms. The summed E-state index contributed by atoms with van der Waals surface area (Å²) in [5, 5.41) is 16.0. The normalized spacial score (nSPS) is 14.5. The van der Waals surface area contributed by atoms with Gasteiger partial charge in [0.2, 0.25) is 0 Å². The van der Waals surface area contributed by atoms with Crippen molar-refractivity contribution < 1.29 is 5.11 Å². The van der Waals surface area contributed by atoms with Gasteiger partial charge in [0.25, 0.3) is 0 Å². The number of fused-ring (bicyclic) bond motifs is 2. The maximum absolute atomic E-state index is 10.7. The molecule has 7 nitrogen and oxygen atoms in total. The topological polar surface area (TPSA) is 80.0 Å². The van der Waals surface area contributed by atoms with Gasteiger partial charge in [-0.1, -0.05) is 0 Å². The highest BCUT2D eigenvalue weighted by Crippen LogP contribution is 2.35. The lowest BCUT2D eigenvalue weighted by atomic mass is 10.1. The van der Waals surface area contributed by atoms with Crippen molar-refractivity contribution in [1.82, 2.24) is 24.7 Å². The Labute approximate surface area is 156 Å². The lowest BCUT2D eigenvalue weighted by Crippen LogP contribution is -2.18. The van der Waals surface area contributed by atoms with Gasteiger partial charge in [0.1, 0.15) is 17.1 Å². The first kappa shape index (κ1) is 16.0. The van der Waals surface area contributed by atoms with Crippen molar-refractivity contribution in [3.05, 3.63) is 36.2 Å². The van der Waals surface area contributed by atoms with Crippen LogP contribution in [-0.4, -0.2) is 42.9 Å². The zero-order valence-electron chi connectivity index (χ0n) is 15.3. The summed E-state index contributed by atoms with van der Waals surface area (Å²) in [5.41, 5.74) is 3.66. The number of anilines is 1. The number of aryl methyl sites for hydroxylation is 2. The van der Waals surface area contributed by atoms with Gasteiger partial charge in [0.15, 0.2) is 5.82 Å². The Kier molecular flexibility index (Phi) is 3.50. The van der Waals surface area contributed by atoms with Gasteiger partial charge in [0.05, 0.1) is 22.8 Å². The number of hydrogen-bond acceptors (Lipinski definition) is 6. The second-order valence-electron chi connectivity index (χ2n) is 7.10. The quantitative estimate of drug-likeness (QED) is 0.591. The molecule has 0 saturated carbocycles. The molecule has 136 valence electrons. The fourth-order valence-corrected chi connectivity index (χ4v) is 3.78. The summed E-state index contributed by atoms with van der Waals surface area (Å²) in [5.74, 6) is 1.64. The van der Waals surface area contributed by atoms with Gasteiger partial charge in [-0.05, 0) is 38.0 Å². The van der Waals surface area contributed by atoms with Gasteiger partial charge < -0.3 is 10.0 Å². The highest BCUT2D eigenvalue weighted by atomic mass is 16.3. The van der Waals surface area contributed by atoms with Gasteiger partial charge >= 0.3 is 0 Å². The number of aromatic hydroxyl groups is 1. The molecule has 0 atom stereocenters. The fraction of sp³-hybridized carbons (Fsp3) is 0.300. The van der Waals surface area contributed by atoms with E-state index in [1.54, 1.807) is 10.9 Å². The van der Waals surface area contributed by atoms with E-state index in [2.05, 4.69) is 20.0 Å². The third kappa shape index (κ3) is 2.58. The Balaban J connectivity index is 1.61. The largest absolute Gasteiger partial charge is 0.507 e. The van der Waals surface area contributed by atoms with Crippen molar-refractivity contribution in [2.75, 3.05) is 18.0 Å². The van der Waals surface area contributed by atoms with Gasteiger partial charge in [-0.15, -0.1) is 0 Å². The van der Waals surface area contributed by atoms with Crippen molar-refractivity contribution in [3.8, 4) is 17.1 Å². The second kappa shape index (κ2) is 5.90. The van der Waals surface area contributed by atoms with Crippen molar-refractivity contribution in [2.45, 2.75) is 19.8 Å². The highest BCUT2D eigenvalue weighted by molar-refractivity contribution is 5.90. The molecule has 27 heavy (non-hydrogen) atoms. The first-order valence-corrected chi connectivity index (χ1v) is 9.15. The monoisotopic (exact) mass is 360 g/mol. The van der Waals surface area contributed by atoms with Crippen LogP contribution in [-0.2, 0) is 7.05 Å².